The van der Waals surface area contributed by atoms with Crippen molar-refractivity contribution in [3.05, 3.63) is 32.6 Å². The molecule has 0 unspecified atom stereocenters. The highest BCUT2D eigenvalue weighted by Gasteiger charge is 2.20. The molecule has 156 valence electrons. The summed E-state index contributed by atoms with van der Waals surface area (Å²) < 4.78 is 10.7. The van der Waals surface area contributed by atoms with E-state index < -0.39 is 34.8 Å². The van der Waals surface area contributed by atoms with E-state index in [1.54, 1.807) is 20.8 Å². The predicted octanol–water partition coefficient (Wildman–Crippen LogP) is -0.629. The van der Waals surface area contributed by atoms with Crippen LogP contribution in [0.4, 0.5) is 4.79 Å². The standard InChI is InChI=1S/C17H26N4O7/c1-11-8-21(15(25)19-14(11)24)9-12(22)20(10-13(23)27-5)7-6-18-16(26)28-17(2,3)4/h8H,6-7,9-10H2,1-5H3,(H,18,26)(H,19,24,25). The fraction of sp³-hybridized carbons (Fsp3) is 0.588. The molecular weight excluding hydrogens is 372 g/mol. The lowest BCUT2D eigenvalue weighted by Crippen LogP contribution is -2.45. The maximum atomic E-state index is 12.5. The summed E-state index contributed by atoms with van der Waals surface area (Å²) in [5.74, 6) is -1.22. The van der Waals surface area contributed by atoms with E-state index in [4.69, 9.17) is 4.74 Å². The zero-order chi connectivity index (χ0) is 21.5. The van der Waals surface area contributed by atoms with E-state index in [-0.39, 0.29) is 31.7 Å². The SMILES string of the molecule is COC(=O)CN(CCNC(=O)OC(C)(C)C)C(=O)Cn1cc(C)c(=O)[nH]c1=O. The van der Waals surface area contributed by atoms with Gasteiger partial charge in [0.15, 0.2) is 0 Å². The van der Waals surface area contributed by atoms with Crippen molar-refractivity contribution in [1.29, 1.82) is 0 Å². The highest BCUT2D eigenvalue weighted by atomic mass is 16.6. The van der Waals surface area contributed by atoms with E-state index in [0.717, 1.165) is 9.47 Å². The number of esters is 1. The van der Waals surface area contributed by atoms with Gasteiger partial charge in [0.05, 0.1) is 7.11 Å². The fourth-order valence-corrected chi connectivity index (χ4v) is 2.10. The number of hydrogen-bond donors (Lipinski definition) is 2. The van der Waals surface area contributed by atoms with Crippen LogP contribution in [0.25, 0.3) is 0 Å². The first-order valence-electron chi connectivity index (χ1n) is 8.54. The van der Waals surface area contributed by atoms with Crippen molar-refractivity contribution in [2.75, 3.05) is 26.7 Å². The second kappa shape index (κ2) is 9.72. The molecule has 0 fully saturated rings. The number of amides is 2. The van der Waals surface area contributed by atoms with Gasteiger partial charge in [-0.15, -0.1) is 0 Å². The Morgan fingerprint density at radius 2 is 1.89 bits per heavy atom. The van der Waals surface area contributed by atoms with E-state index in [0.29, 0.717) is 0 Å². The van der Waals surface area contributed by atoms with Gasteiger partial charge >= 0.3 is 17.8 Å². The number of H-pyrrole nitrogens is 1. The average Bonchev–Trinajstić information content (AvgIpc) is 2.56. The number of hydrogen-bond acceptors (Lipinski definition) is 7. The van der Waals surface area contributed by atoms with Crippen molar-refractivity contribution >= 4 is 18.0 Å². The van der Waals surface area contributed by atoms with Crippen molar-refractivity contribution in [2.24, 2.45) is 0 Å². The normalized spacial score (nSPS) is 10.9. The molecule has 11 nitrogen and oxygen atoms in total. The number of aryl methyl sites for hydroxylation is 1. The summed E-state index contributed by atoms with van der Waals surface area (Å²) in [6.07, 6.45) is 0.597. The summed E-state index contributed by atoms with van der Waals surface area (Å²) in [5, 5.41) is 2.48. The van der Waals surface area contributed by atoms with Gasteiger partial charge in [-0.3, -0.25) is 23.9 Å². The van der Waals surface area contributed by atoms with Crippen LogP contribution >= 0.6 is 0 Å². The van der Waals surface area contributed by atoms with Crippen LogP contribution in [0.2, 0.25) is 0 Å². The number of aromatic amines is 1. The van der Waals surface area contributed by atoms with Gasteiger partial charge in [-0.2, -0.15) is 0 Å². The first-order chi connectivity index (χ1) is 12.9. The number of aromatic nitrogens is 2. The molecule has 2 N–H and O–H groups in total. The molecule has 0 aliphatic heterocycles. The molecule has 1 aromatic rings. The monoisotopic (exact) mass is 398 g/mol. The molecule has 11 heteroatoms. The van der Waals surface area contributed by atoms with Crippen LogP contribution in [-0.4, -0.2) is 64.8 Å². The van der Waals surface area contributed by atoms with E-state index in [1.165, 1.54) is 20.2 Å². The number of alkyl carbamates (subject to hydrolysis) is 1. The zero-order valence-corrected chi connectivity index (χ0v) is 16.7. The molecule has 0 radical (unpaired) electrons. The molecule has 0 aromatic carbocycles. The third kappa shape index (κ3) is 7.64. The second-order valence-electron chi connectivity index (χ2n) is 7.02. The molecule has 0 spiro atoms. The number of carbonyl (C=O) groups excluding carboxylic acids is 3. The molecule has 0 aliphatic carbocycles. The van der Waals surface area contributed by atoms with Crippen LogP contribution in [0.15, 0.2) is 15.8 Å². The van der Waals surface area contributed by atoms with Gasteiger partial charge in [0.25, 0.3) is 5.56 Å². The largest absolute Gasteiger partial charge is 0.468 e. The van der Waals surface area contributed by atoms with Crippen LogP contribution < -0.4 is 16.6 Å². The molecular formula is C17H26N4O7. The molecule has 0 atom stereocenters. The Balaban J connectivity index is 2.80. The number of carbonyl (C=O) groups is 3. The second-order valence-corrected chi connectivity index (χ2v) is 7.02. The fourth-order valence-electron chi connectivity index (χ4n) is 2.10. The molecule has 28 heavy (non-hydrogen) atoms. The van der Waals surface area contributed by atoms with Gasteiger partial charge in [-0.1, -0.05) is 0 Å². The first-order valence-corrected chi connectivity index (χ1v) is 8.54. The molecule has 0 saturated heterocycles. The van der Waals surface area contributed by atoms with Crippen LogP contribution in [0.5, 0.6) is 0 Å². The van der Waals surface area contributed by atoms with E-state index in [1.807, 2.05) is 0 Å². The van der Waals surface area contributed by atoms with Crippen LogP contribution in [0, 0.1) is 6.92 Å². The number of nitrogens with zero attached hydrogens (tertiary/aromatic N) is 2. The van der Waals surface area contributed by atoms with Crippen molar-refractivity contribution in [3.8, 4) is 0 Å². The maximum absolute atomic E-state index is 12.5. The van der Waals surface area contributed by atoms with Gasteiger partial charge in [-0.05, 0) is 27.7 Å². The summed E-state index contributed by atoms with van der Waals surface area (Å²) in [4.78, 5) is 62.3. The minimum absolute atomic E-state index is 0.00966. The third-order valence-corrected chi connectivity index (χ3v) is 3.44. The number of nitrogens with one attached hydrogen (secondary N) is 2. The molecule has 1 heterocycles. The highest BCUT2D eigenvalue weighted by Crippen LogP contribution is 2.06. The van der Waals surface area contributed by atoms with Crippen molar-refractivity contribution < 1.29 is 23.9 Å². The van der Waals surface area contributed by atoms with Crippen molar-refractivity contribution in [3.63, 3.8) is 0 Å². The highest BCUT2D eigenvalue weighted by molar-refractivity contribution is 5.82. The Kier molecular flexibility index (Phi) is 7.96. The van der Waals surface area contributed by atoms with Crippen molar-refractivity contribution in [2.45, 2.75) is 39.8 Å². The lowest BCUT2D eigenvalue weighted by Gasteiger charge is -2.23. The van der Waals surface area contributed by atoms with Gasteiger partial charge in [0.2, 0.25) is 5.91 Å². The van der Waals surface area contributed by atoms with Gasteiger partial charge in [0, 0.05) is 24.8 Å². The van der Waals surface area contributed by atoms with Crippen LogP contribution in [0.3, 0.4) is 0 Å². The Morgan fingerprint density at radius 1 is 1.25 bits per heavy atom. The number of methoxy groups -OCH3 is 1. The summed E-state index contributed by atoms with van der Waals surface area (Å²) >= 11 is 0. The minimum atomic E-state index is -0.742. The number of ether oxygens (including phenoxy) is 2. The zero-order valence-electron chi connectivity index (χ0n) is 16.7. The summed E-state index contributed by atoms with van der Waals surface area (Å²) in [7, 11) is 1.18. The smallest absolute Gasteiger partial charge is 0.407 e. The minimum Gasteiger partial charge on any atom is -0.468 e. The molecule has 2 amide bonds. The molecule has 0 bridgehead atoms. The van der Waals surface area contributed by atoms with Gasteiger partial charge in [-0.25, -0.2) is 9.59 Å². The molecule has 0 aliphatic rings. The molecule has 0 saturated carbocycles. The predicted molar refractivity (Wildman–Crippen MR) is 98.9 cm³/mol. The first kappa shape index (κ1) is 22.9. The summed E-state index contributed by atoms with van der Waals surface area (Å²) in [5.41, 5.74) is -1.69. The van der Waals surface area contributed by atoms with Gasteiger partial charge in [0.1, 0.15) is 18.7 Å². The van der Waals surface area contributed by atoms with Crippen LogP contribution in [-0.2, 0) is 25.6 Å². The van der Waals surface area contributed by atoms with E-state index in [9.17, 15) is 24.0 Å². The van der Waals surface area contributed by atoms with E-state index >= 15 is 0 Å². The topological polar surface area (TPSA) is 140 Å². The Morgan fingerprint density at radius 3 is 2.46 bits per heavy atom. The lowest BCUT2D eigenvalue weighted by molar-refractivity contribution is -0.147. The molecule has 1 rings (SSSR count). The molecule has 1 aromatic heterocycles. The average molecular weight is 398 g/mol. The quantitative estimate of drug-likeness (QED) is 0.583. The Hall–Kier alpha value is -3.11. The third-order valence-electron chi connectivity index (χ3n) is 3.44. The summed E-state index contributed by atoms with van der Waals surface area (Å²) in [6.45, 7) is 5.90. The van der Waals surface area contributed by atoms with Crippen molar-refractivity contribution in [1.82, 2.24) is 19.8 Å². The summed E-state index contributed by atoms with van der Waals surface area (Å²) in [6, 6.07) is 0. The maximum Gasteiger partial charge on any atom is 0.407 e. The van der Waals surface area contributed by atoms with Crippen LogP contribution in [0.1, 0.15) is 26.3 Å². The van der Waals surface area contributed by atoms with E-state index in [2.05, 4.69) is 15.0 Å². The van der Waals surface area contributed by atoms with Gasteiger partial charge < -0.3 is 19.7 Å². The number of rotatable bonds is 7. The Bertz CT molecular complexity index is 835. The Labute approximate surface area is 161 Å². The lowest BCUT2D eigenvalue weighted by atomic mass is 10.2.